The Morgan fingerprint density at radius 1 is 1.04 bits per heavy atom. The van der Waals surface area contributed by atoms with Gasteiger partial charge in [-0.1, -0.05) is 37.5 Å². The Labute approximate surface area is 166 Å². The second kappa shape index (κ2) is 9.42. The Balaban J connectivity index is 0.00000261. The molecule has 0 spiro atoms. The molecule has 3 rings (SSSR count). The van der Waals surface area contributed by atoms with Gasteiger partial charge in [-0.2, -0.15) is 0 Å². The number of nitrogens with zero attached hydrogens (tertiary/aromatic N) is 1. The Morgan fingerprint density at radius 2 is 1.74 bits per heavy atom. The molecule has 5 nitrogen and oxygen atoms in total. The third-order valence-electron chi connectivity index (χ3n) is 5.00. The predicted molar refractivity (Wildman–Crippen MR) is 111 cm³/mol. The summed E-state index contributed by atoms with van der Waals surface area (Å²) in [5, 5.41) is 2.85. The number of rotatable bonds is 4. The molecule has 0 radical (unpaired) electrons. The van der Waals surface area contributed by atoms with Crippen LogP contribution in [0.1, 0.15) is 52.8 Å². The van der Waals surface area contributed by atoms with Crippen LogP contribution in [0.4, 0.5) is 11.4 Å². The number of carbonyl (C=O) groups is 2. The number of benzene rings is 2. The van der Waals surface area contributed by atoms with Crippen LogP contribution in [0.5, 0.6) is 0 Å². The molecule has 2 aromatic carbocycles. The van der Waals surface area contributed by atoms with Gasteiger partial charge in [0, 0.05) is 24.3 Å². The van der Waals surface area contributed by atoms with Crippen LogP contribution in [0.3, 0.4) is 0 Å². The van der Waals surface area contributed by atoms with E-state index in [0.717, 1.165) is 25.7 Å². The normalized spacial score (nSPS) is 14.1. The molecule has 0 unspecified atom stereocenters. The molecule has 0 atom stereocenters. The molecular formula is C21H26ClN3O2. The molecule has 6 heteroatoms. The fourth-order valence-electron chi connectivity index (χ4n) is 3.48. The number of hydrogen-bond donors (Lipinski definition) is 2. The van der Waals surface area contributed by atoms with E-state index in [9.17, 15) is 9.59 Å². The molecule has 0 bridgehead atoms. The summed E-state index contributed by atoms with van der Waals surface area (Å²) in [6.07, 6.45) is 5.65. The fraction of sp³-hybridized carbons (Fsp3) is 0.333. The highest BCUT2D eigenvalue weighted by molar-refractivity contribution is 6.09. The highest BCUT2D eigenvalue weighted by Gasteiger charge is 2.24. The van der Waals surface area contributed by atoms with Crippen LogP contribution in [0.2, 0.25) is 0 Å². The highest BCUT2D eigenvalue weighted by atomic mass is 35.5. The van der Waals surface area contributed by atoms with Crippen molar-refractivity contribution in [3.05, 3.63) is 59.7 Å². The van der Waals surface area contributed by atoms with Crippen LogP contribution in [0.25, 0.3) is 0 Å². The van der Waals surface area contributed by atoms with Crippen LogP contribution in [-0.4, -0.2) is 29.8 Å². The van der Waals surface area contributed by atoms with Gasteiger partial charge in [0.2, 0.25) is 0 Å². The third-order valence-corrected chi connectivity index (χ3v) is 5.00. The van der Waals surface area contributed by atoms with Crippen LogP contribution < -0.4 is 11.1 Å². The van der Waals surface area contributed by atoms with Gasteiger partial charge in [0.15, 0.2) is 0 Å². The lowest BCUT2D eigenvalue weighted by Crippen LogP contribution is -2.38. The predicted octanol–water partition coefficient (Wildman–Crippen LogP) is 4.35. The first-order valence-electron chi connectivity index (χ1n) is 9.09. The van der Waals surface area contributed by atoms with Crippen LogP contribution in [0, 0.1) is 0 Å². The van der Waals surface area contributed by atoms with Gasteiger partial charge in [-0.25, -0.2) is 0 Å². The molecule has 3 N–H and O–H groups in total. The summed E-state index contributed by atoms with van der Waals surface area (Å²) in [4.78, 5) is 27.3. The first kappa shape index (κ1) is 20.8. The number of amides is 2. The molecule has 1 aliphatic rings. The zero-order chi connectivity index (χ0) is 18.5. The number of carbonyl (C=O) groups excluding carboxylic acids is 2. The summed E-state index contributed by atoms with van der Waals surface area (Å²) in [5.41, 5.74) is 7.77. The van der Waals surface area contributed by atoms with E-state index >= 15 is 0 Å². The van der Waals surface area contributed by atoms with E-state index < -0.39 is 0 Å². The van der Waals surface area contributed by atoms with E-state index in [2.05, 4.69) is 5.32 Å². The minimum absolute atomic E-state index is 0. The molecule has 27 heavy (non-hydrogen) atoms. The molecule has 1 aliphatic carbocycles. The first-order chi connectivity index (χ1) is 12.6. The smallest absolute Gasteiger partial charge is 0.255 e. The van der Waals surface area contributed by atoms with Gasteiger partial charge >= 0.3 is 0 Å². The Kier molecular flexibility index (Phi) is 7.25. The third kappa shape index (κ3) is 5.01. The number of para-hydroxylation sites is 1. The zero-order valence-electron chi connectivity index (χ0n) is 15.5. The van der Waals surface area contributed by atoms with E-state index in [1.807, 2.05) is 24.1 Å². The molecule has 0 aromatic heterocycles. The number of halogens is 1. The van der Waals surface area contributed by atoms with Crippen molar-refractivity contribution < 1.29 is 9.59 Å². The van der Waals surface area contributed by atoms with E-state index in [4.69, 9.17) is 5.73 Å². The van der Waals surface area contributed by atoms with Gasteiger partial charge in [-0.15, -0.1) is 12.4 Å². The topological polar surface area (TPSA) is 75.4 Å². The van der Waals surface area contributed by atoms with E-state index in [-0.39, 0.29) is 30.3 Å². The molecule has 144 valence electrons. The number of nitrogens with two attached hydrogens (primary N) is 1. The maximum atomic E-state index is 13.0. The Bertz CT molecular complexity index is 804. The van der Waals surface area contributed by atoms with E-state index in [1.54, 1.807) is 36.4 Å². The van der Waals surface area contributed by atoms with Gasteiger partial charge in [0.05, 0.1) is 11.3 Å². The van der Waals surface area contributed by atoms with Gasteiger partial charge in [-0.05, 0) is 43.2 Å². The van der Waals surface area contributed by atoms with Crippen molar-refractivity contribution in [2.75, 3.05) is 18.1 Å². The van der Waals surface area contributed by atoms with Crippen molar-refractivity contribution in [2.24, 2.45) is 0 Å². The molecule has 2 aromatic rings. The fourth-order valence-corrected chi connectivity index (χ4v) is 3.48. The molecular weight excluding hydrogens is 362 g/mol. The van der Waals surface area contributed by atoms with E-state index in [0.29, 0.717) is 22.5 Å². The number of hydrogen-bond acceptors (Lipinski definition) is 3. The summed E-state index contributed by atoms with van der Waals surface area (Å²) in [6, 6.07) is 14.2. The van der Waals surface area contributed by atoms with Crippen molar-refractivity contribution in [2.45, 2.75) is 38.1 Å². The van der Waals surface area contributed by atoms with Crippen molar-refractivity contribution in [3.63, 3.8) is 0 Å². The van der Waals surface area contributed by atoms with Gasteiger partial charge in [0.1, 0.15) is 0 Å². The maximum absolute atomic E-state index is 13.0. The Morgan fingerprint density at radius 3 is 2.44 bits per heavy atom. The average molecular weight is 388 g/mol. The van der Waals surface area contributed by atoms with E-state index in [1.165, 1.54) is 6.42 Å². The standard InChI is InChI=1S/C21H25N3O2.ClH/c1-24(17-10-3-2-4-11-17)21(26)18-12-5-6-13-19(18)23-20(25)15-8-7-9-16(22)14-15;/h5-9,12-14,17H,2-4,10-11,22H2,1H3,(H,23,25);1H. The second-order valence-corrected chi connectivity index (χ2v) is 6.83. The molecule has 2 amide bonds. The largest absolute Gasteiger partial charge is 0.399 e. The SMILES string of the molecule is CN(C(=O)c1ccccc1NC(=O)c1cccc(N)c1)C1CCCCC1.Cl. The monoisotopic (exact) mass is 387 g/mol. The summed E-state index contributed by atoms with van der Waals surface area (Å²) in [6.45, 7) is 0. The molecule has 1 saturated carbocycles. The van der Waals surface area contributed by atoms with Crippen molar-refractivity contribution >= 4 is 35.6 Å². The van der Waals surface area contributed by atoms with Crippen molar-refractivity contribution in [1.82, 2.24) is 4.90 Å². The van der Waals surface area contributed by atoms with Crippen molar-refractivity contribution in [3.8, 4) is 0 Å². The maximum Gasteiger partial charge on any atom is 0.255 e. The summed E-state index contributed by atoms with van der Waals surface area (Å²) >= 11 is 0. The highest BCUT2D eigenvalue weighted by Crippen LogP contribution is 2.25. The molecule has 0 aliphatic heterocycles. The van der Waals surface area contributed by atoms with Gasteiger partial charge < -0.3 is 16.0 Å². The molecule has 1 fully saturated rings. The number of nitrogens with one attached hydrogen (secondary N) is 1. The molecule has 0 saturated heterocycles. The quantitative estimate of drug-likeness (QED) is 0.766. The van der Waals surface area contributed by atoms with Crippen LogP contribution in [-0.2, 0) is 0 Å². The first-order valence-corrected chi connectivity index (χ1v) is 9.09. The van der Waals surface area contributed by atoms with Gasteiger partial charge in [-0.3, -0.25) is 9.59 Å². The average Bonchev–Trinajstić information content (AvgIpc) is 2.68. The minimum atomic E-state index is -0.280. The van der Waals surface area contributed by atoms with Crippen molar-refractivity contribution in [1.29, 1.82) is 0 Å². The van der Waals surface area contributed by atoms with Crippen LogP contribution >= 0.6 is 12.4 Å². The second-order valence-electron chi connectivity index (χ2n) is 6.83. The summed E-state index contributed by atoms with van der Waals surface area (Å²) < 4.78 is 0. The summed E-state index contributed by atoms with van der Waals surface area (Å²) in [7, 11) is 1.86. The lowest BCUT2D eigenvalue weighted by atomic mass is 9.94. The zero-order valence-corrected chi connectivity index (χ0v) is 16.3. The van der Waals surface area contributed by atoms with Crippen LogP contribution in [0.15, 0.2) is 48.5 Å². The summed E-state index contributed by atoms with van der Waals surface area (Å²) in [5.74, 6) is -0.335. The lowest BCUT2D eigenvalue weighted by molar-refractivity contribution is 0.0697. The van der Waals surface area contributed by atoms with Gasteiger partial charge in [0.25, 0.3) is 11.8 Å². The Hall–Kier alpha value is -2.53. The lowest BCUT2D eigenvalue weighted by Gasteiger charge is -2.31. The molecule has 0 heterocycles. The number of anilines is 2. The number of nitrogen functional groups attached to an aromatic ring is 1. The minimum Gasteiger partial charge on any atom is -0.399 e.